The molecule has 3 heterocycles. The van der Waals surface area contributed by atoms with Crippen molar-refractivity contribution in [2.45, 2.75) is 19.2 Å². The van der Waals surface area contributed by atoms with Crippen molar-refractivity contribution in [3.8, 4) is 11.4 Å². The summed E-state index contributed by atoms with van der Waals surface area (Å²) in [5.74, 6) is 0.405. The Morgan fingerprint density at radius 2 is 2.06 bits per heavy atom. The Kier molecular flexibility index (Phi) is 6.01. The average molecular weight is 458 g/mol. The van der Waals surface area contributed by atoms with E-state index in [0.29, 0.717) is 42.5 Å². The van der Waals surface area contributed by atoms with Gasteiger partial charge >= 0.3 is 0 Å². The highest BCUT2D eigenvalue weighted by molar-refractivity contribution is 5.95. The number of fused-ring (bicyclic) bond motifs is 1. The molecule has 0 spiro atoms. The Bertz CT molecular complexity index is 1340. The van der Waals surface area contributed by atoms with Gasteiger partial charge in [0.15, 0.2) is 17.5 Å². The number of benzene rings is 2. The Morgan fingerprint density at radius 3 is 2.94 bits per heavy atom. The van der Waals surface area contributed by atoms with Crippen molar-refractivity contribution in [3.63, 3.8) is 0 Å². The van der Waals surface area contributed by atoms with E-state index >= 15 is 0 Å². The number of rotatable bonds is 6. The quantitative estimate of drug-likeness (QED) is 0.458. The van der Waals surface area contributed by atoms with Gasteiger partial charge < -0.3 is 19.9 Å². The van der Waals surface area contributed by atoms with E-state index in [2.05, 4.69) is 25.8 Å². The van der Waals surface area contributed by atoms with Crippen LogP contribution in [0.4, 0.5) is 10.1 Å². The van der Waals surface area contributed by atoms with E-state index in [0.717, 1.165) is 23.0 Å². The Hall–Kier alpha value is -4.11. The molecule has 0 aliphatic carbocycles. The lowest BCUT2D eigenvalue weighted by Crippen LogP contribution is -2.34. The Morgan fingerprint density at radius 1 is 1.18 bits per heavy atom. The molecule has 0 radical (unpaired) electrons. The summed E-state index contributed by atoms with van der Waals surface area (Å²) in [5.41, 5.74) is 3.80. The van der Waals surface area contributed by atoms with Gasteiger partial charge in [0.05, 0.1) is 37.6 Å². The summed E-state index contributed by atoms with van der Waals surface area (Å²) in [7, 11) is 1.78. The van der Waals surface area contributed by atoms with Gasteiger partial charge in [-0.05, 0) is 35.4 Å². The highest BCUT2D eigenvalue weighted by Crippen LogP contribution is 2.25. The highest BCUT2D eigenvalue weighted by Gasteiger charge is 2.22. The van der Waals surface area contributed by atoms with Crippen LogP contribution >= 0.6 is 0 Å². The number of ether oxygens (including phenoxy) is 1. The second-order valence-electron chi connectivity index (χ2n) is 8.03. The van der Waals surface area contributed by atoms with E-state index in [1.165, 1.54) is 6.20 Å². The van der Waals surface area contributed by atoms with E-state index in [9.17, 15) is 9.18 Å². The molecular weight excluding hydrogens is 435 g/mol. The van der Waals surface area contributed by atoms with Crippen LogP contribution in [0.25, 0.3) is 11.4 Å². The fraction of sp³-hybridized carbons (Fsp3) is 0.200. The molecule has 2 N–H and O–H groups in total. The van der Waals surface area contributed by atoms with Crippen LogP contribution in [0.15, 0.2) is 67.0 Å². The molecule has 2 aromatic carbocycles. The molecule has 1 aliphatic rings. The SMILES string of the molecule is Cn1c(CNc2cccc(C(=O)N[C@H]3COCc4ccccc43)c2)nnc1-c1ccncc1F. The molecule has 5 rings (SSSR count). The third kappa shape index (κ3) is 4.38. The first-order valence-corrected chi connectivity index (χ1v) is 10.9. The van der Waals surface area contributed by atoms with E-state index in [1.807, 2.05) is 36.4 Å². The number of carbonyl (C=O) groups excluding carboxylic acids is 1. The third-order valence-electron chi connectivity index (χ3n) is 5.83. The van der Waals surface area contributed by atoms with E-state index in [1.54, 1.807) is 29.8 Å². The van der Waals surface area contributed by atoms with Gasteiger partial charge in [-0.15, -0.1) is 10.2 Å². The van der Waals surface area contributed by atoms with Crippen molar-refractivity contribution in [2.24, 2.45) is 7.05 Å². The van der Waals surface area contributed by atoms with Gasteiger partial charge in [-0.1, -0.05) is 30.3 Å². The summed E-state index contributed by atoms with van der Waals surface area (Å²) in [6, 6.07) is 16.6. The normalized spacial score (nSPS) is 14.9. The number of pyridine rings is 1. The second kappa shape index (κ2) is 9.40. The topological polar surface area (TPSA) is 94.0 Å². The zero-order chi connectivity index (χ0) is 23.5. The predicted octanol–water partition coefficient (Wildman–Crippen LogP) is 3.63. The van der Waals surface area contributed by atoms with Gasteiger partial charge in [0.1, 0.15) is 0 Å². The number of carbonyl (C=O) groups is 1. The van der Waals surface area contributed by atoms with E-state index < -0.39 is 5.82 Å². The van der Waals surface area contributed by atoms with Crippen molar-refractivity contribution in [1.29, 1.82) is 0 Å². The van der Waals surface area contributed by atoms with Crippen molar-refractivity contribution < 1.29 is 13.9 Å². The van der Waals surface area contributed by atoms with Gasteiger partial charge in [-0.3, -0.25) is 9.78 Å². The summed E-state index contributed by atoms with van der Waals surface area (Å²) < 4.78 is 21.4. The van der Waals surface area contributed by atoms with Crippen molar-refractivity contribution in [2.75, 3.05) is 11.9 Å². The molecular formula is C25H23FN6O2. The summed E-state index contributed by atoms with van der Waals surface area (Å²) in [6.45, 7) is 1.35. The van der Waals surface area contributed by atoms with Crippen molar-refractivity contribution >= 4 is 11.6 Å². The average Bonchev–Trinajstić information content (AvgIpc) is 3.23. The lowest BCUT2D eigenvalue weighted by molar-refractivity contribution is 0.0708. The fourth-order valence-electron chi connectivity index (χ4n) is 4.00. The van der Waals surface area contributed by atoms with Crippen LogP contribution in [-0.4, -0.2) is 32.3 Å². The van der Waals surface area contributed by atoms with Crippen LogP contribution < -0.4 is 10.6 Å². The number of hydrogen-bond donors (Lipinski definition) is 2. The lowest BCUT2D eigenvalue weighted by Gasteiger charge is -2.26. The minimum atomic E-state index is -0.456. The number of anilines is 1. The summed E-state index contributed by atoms with van der Waals surface area (Å²) in [5, 5.41) is 14.6. The summed E-state index contributed by atoms with van der Waals surface area (Å²) in [6.07, 6.45) is 2.66. The van der Waals surface area contributed by atoms with Crippen molar-refractivity contribution in [3.05, 3.63) is 95.3 Å². The highest BCUT2D eigenvalue weighted by atomic mass is 19.1. The van der Waals surface area contributed by atoms with Crippen LogP contribution in [0, 0.1) is 5.82 Å². The molecule has 1 amide bonds. The predicted molar refractivity (Wildman–Crippen MR) is 124 cm³/mol. The maximum Gasteiger partial charge on any atom is 0.251 e. The molecule has 0 unspecified atom stereocenters. The van der Waals surface area contributed by atoms with Gasteiger partial charge in [-0.2, -0.15) is 0 Å². The van der Waals surface area contributed by atoms with Crippen molar-refractivity contribution in [1.82, 2.24) is 25.1 Å². The molecule has 9 heteroatoms. The van der Waals surface area contributed by atoms with Crippen LogP contribution in [-0.2, 0) is 24.9 Å². The van der Waals surface area contributed by atoms with Crippen LogP contribution in [0.2, 0.25) is 0 Å². The largest absolute Gasteiger partial charge is 0.378 e. The number of amides is 1. The molecule has 34 heavy (non-hydrogen) atoms. The van der Waals surface area contributed by atoms with Gasteiger partial charge in [0.25, 0.3) is 5.91 Å². The number of halogens is 1. The van der Waals surface area contributed by atoms with Gasteiger partial charge in [0, 0.05) is 24.5 Å². The zero-order valence-corrected chi connectivity index (χ0v) is 18.5. The monoisotopic (exact) mass is 458 g/mol. The molecule has 8 nitrogen and oxygen atoms in total. The first-order chi connectivity index (χ1) is 16.6. The van der Waals surface area contributed by atoms with Gasteiger partial charge in [0.2, 0.25) is 0 Å². The first kappa shape index (κ1) is 21.7. The smallest absolute Gasteiger partial charge is 0.251 e. The van der Waals surface area contributed by atoms with Crippen LogP contribution in [0.1, 0.15) is 33.4 Å². The Labute approximate surface area is 195 Å². The second-order valence-corrected chi connectivity index (χ2v) is 8.03. The minimum absolute atomic E-state index is 0.178. The zero-order valence-electron chi connectivity index (χ0n) is 18.5. The third-order valence-corrected chi connectivity index (χ3v) is 5.83. The molecule has 0 bridgehead atoms. The molecule has 4 aromatic rings. The maximum absolute atomic E-state index is 14.1. The molecule has 1 atom stereocenters. The molecule has 0 saturated carbocycles. The summed E-state index contributed by atoms with van der Waals surface area (Å²) >= 11 is 0. The molecule has 1 aliphatic heterocycles. The standard InChI is InChI=1S/C25H23FN6O2/c1-32-23(30-31-24(32)20-9-10-27-12-21(20)26)13-28-18-7-4-6-16(11-18)25(33)29-22-15-34-14-17-5-2-3-8-19(17)22/h2-12,22,28H,13-15H2,1H3,(H,29,33)/t22-/m0/s1. The van der Waals surface area contributed by atoms with E-state index in [4.69, 9.17) is 4.74 Å². The lowest BCUT2D eigenvalue weighted by atomic mass is 9.99. The maximum atomic E-state index is 14.1. The first-order valence-electron chi connectivity index (χ1n) is 10.9. The van der Waals surface area contributed by atoms with Crippen LogP contribution in [0.5, 0.6) is 0 Å². The van der Waals surface area contributed by atoms with E-state index in [-0.39, 0.29) is 11.9 Å². The fourth-order valence-corrected chi connectivity index (χ4v) is 4.00. The number of aromatic nitrogens is 4. The number of hydrogen-bond acceptors (Lipinski definition) is 6. The number of nitrogens with zero attached hydrogens (tertiary/aromatic N) is 4. The van der Waals surface area contributed by atoms with Crippen LogP contribution in [0.3, 0.4) is 0 Å². The Balaban J connectivity index is 1.27. The number of nitrogens with one attached hydrogen (secondary N) is 2. The molecule has 0 saturated heterocycles. The van der Waals surface area contributed by atoms with Gasteiger partial charge in [-0.25, -0.2) is 4.39 Å². The minimum Gasteiger partial charge on any atom is -0.378 e. The molecule has 0 fully saturated rings. The molecule has 172 valence electrons. The summed E-state index contributed by atoms with van der Waals surface area (Å²) in [4.78, 5) is 16.7. The molecule has 2 aromatic heterocycles.